The molecule has 0 spiro atoms. The van der Waals surface area contributed by atoms with Gasteiger partial charge in [-0.3, -0.25) is 9.59 Å². The van der Waals surface area contributed by atoms with E-state index in [2.05, 4.69) is 10.0 Å². The van der Waals surface area contributed by atoms with Crippen molar-refractivity contribution in [1.29, 1.82) is 0 Å². The number of hydrogen-bond acceptors (Lipinski definition) is 5. The van der Waals surface area contributed by atoms with Crippen LogP contribution >= 0.6 is 11.8 Å². The number of azide groups is 1. The number of ether oxygens (including phenoxy) is 1. The van der Waals surface area contributed by atoms with Gasteiger partial charge in [-0.2, -0.15) is 0 Å². The van der Waals surface area contributed by atoms with Gasteiger partial charge >= 0.3 is 5.97 Å². The van der Waals surface area contributed by atoms with Gasteiger partial charge in [-0.05, 0) is 35.7 Å². The monoisotopic (exact) mass is 472 g/mol. The van der Waals surface area contributed by atoms with E-state index in [-0.39, 0.29) is 12.3 Å². The number of thioether (sulfide) groups is 1. The van der Waals surface area contributed by atoms with Crippen LogP contribution in [0.5, 0.6) is 0 Å². The molecule has 1 heterocycles. The maximum atomic E-state index is 13.5. The summed E-state index contributed by atoms with van der Waals surface area (Å²) in [7, 11) is 1.33. The van der Waals surface area contributed by atoms with E-state index in [0.717, 1.165) is 16.0 Å². The molecule has 1 aliphatic rings. The molecule has 34 heavy (non-hydrogen) atoms. The summed E-state index contributed by atoms with van der Waals surface area (Å²) in [5.74, 6) is -0.669. The summed E-state index contributed by atoms with van der Waals surface area (Å²) in [5.41, 5.74) is 12.2. The summed E-state index contributed by atoms with van der Waals surface area (Å²) in [6.07, 6.45) is -0.0414. The number of likely N-dealkylation sites (tertiary alicyclic amines) is 1. The zero-order chi connectivity index (χ0) is 24.1. The Morgan fingerprint density at radius 3 is 2.47 bits per heavy atom. The molecule has 172 valence electrons. The molecule has 3 aromatic carbocycles. The van der Waals surface area contributed by atoms with E-state index in [4.69, 9.17) is 10.3 Å². The standard InChI is InChI=1S/C26H24N4O3S/c1-18-12-14-20(15-13-18)34-26(25(32)33-2)16-23(31)30(17-19-8-4-3-5-9-19)24(26)21-10-6-7-11-22(21)28-29-27/h3-15,24H,16-17H2,1-2H3/t24-,26-/m1/s1. The average molecular weight is 473 g/mol. The first-order chi connectivity index (χ1) is 16.5. The van der Waals surface area contributed by atoms with Crippen molar-refractivity contribution in [1.82, 2.24) is 4.90 Å². The Balaban J connectivity index is 1.90. The Morgan fingerprint density at radius 1 is 1.12 bits per heavy atom. The third-order valence-electron chi connectivity index (χ3n) is 5.92. The van der Waals surface area contributed by atoms with E-state index >= 15 is 0 Å². The van der Waals surface area contributed by atoms with Crippen LogP contribution in [0.2, 0.25) is 0 Å². The molecule has 3 aromatic rings. The van der Waals surface area contributed by atoms with Gasteiger partial charge in [-0.1, -0.05) is 77.4 Å². The number of methoxy groups -OCH3 is 1. The van der Waals surface area contributed by atoms with Gasteiger partial charge in [0.2, 0.25) is 5.91 Å². The number of amides is 1. The van der Waals surface area contributed by atoms with Gasteiger partial charge in [0.25, 0.3) is 0 Å². The van der Waals surface area contributed by atoms with E-state index in [0.29, 0.717) is 17.8 Å². The summed E-state index contributed by atoms with van der Waals surface area (Å²) in [6, 6.07) is 23.8. The molecule has 0 N–H and O–H groups in total. The summed E-state index contributed by atoms with van der Waals surface area (Å²) >= 11 is 1.32. The zero-order valence-electron chi connectivity index (χ0n) is 18.9. The normalized spacial score (nSPS) is 19.5. The second-order valence-corrected chi connectivity index (χ2v) is 9.54. The Hall–Kier alpha value is -3.74. The van der Waals surface area contributed by atoms with E-state index in [1.807, 2.05) is 67.6 Å². The number of carbonyl (C=O) groups is 2. The van der Waals surface area contributed by atoms with Crippen molar-refractivity contribution in [3.8, 4) is 0 Å². The van der Waals surface area contributed by atoms with Crippen LogP contribution in [0.3, 0.4) is 0 Å². The summed E-state index contributed by atoms with van der Waals surface area (Å²) in [5, 5.41) is 3.87. The Bertz CT molecular complexity index is 1240. The zero-order valence-corrected chi connectivity index (χ0v) is 19.7. The summed E-state index contributed by atoms with van der Waals surface area (Å²) in [4.78, 5) is 32.5. The molecule has 0 aliphatic carbocycles. The maximum Gasteiger partial charge on any atom is 0.325 e. The number of esters is 1. The number of hydrogen-bond donors (Lipinski definition) is 0. The molecule has 4 rings (SSSR count). The minimum absolute atomic E-state index is 0.0414. The lowest BCUT2D eigenvalue weighted by Gasteiger charge is -2.36. The summed E-state index contributed by atoms with van der Waals surface area (Å²) < 4.78 is 4.02. The largest absolute Gasteiger partial charge is 0.468 e. The third kappa shape index (κ3) is 4.51. The molecular weight excluding hydrogens is 448 g/mol. The van der Waals surface area contributed by atoms with Crippen LogP contribution in [-0.2, 0) is 20.9 Å². The smallest absolute Gasteiger partial charge is 0.325 e. The SMILES string of the molecule is COC(=O)[C@@]1(Sc2ccc(C)cc2)CC(=O)N(Cc2ccccc2)[C@@H]1c1ccccc1N=[N+]=[N-]. The van der Waals surface area contributed by atoms with Gasteiger partial charge in [-0.15, -0.1) is 11.8 Å². The third-order valence-corrected chi connectivity index (χ3v) is 7.33. The first-order valence-corrected chi connectivity index (χ1v) is 11.6. The lowest BCUT2D eigenvalue weighted by Crippen LogP contribution is -2.42. The van der Waals surface area contributed by atoms with Crippen LogP contribution in [-0.4, -0.2) is 28.6 Å². The molecule has 0 radical (unpaired) electrons. The van der Waals surface area contributed by atoms with Crippen molar-refractivity contribution < 1.29 is 14.3 Å². The van der Waals surface area contributed by atoms with Gasteiger partial charge < -0.3 is 9.64 Å². The van der Waals surface area contributed by atoms with Crippen LogP contribution in [0.25, 0.3) is 10.4 Å². The van der Waals surface area contributed by atoms with Gasteiger partial charge in [0.05, 0.1) is 19.6 Å². The Kier molecular flexibility index (Phi) is 6.91. The van der Waals surface area contributed by atoms with Crippen LogP contribution in [0, 0.1) is 6.92 Å². The number of nitrogens with zero attached hydrogens (tertiary/aromatic N) is 4. The fraction of sp³-hybridized carbons (Fsp3) is 0.231. The molecular formula is C26H24N4O3S. The second-order valence-electron chi connectivity index (χ2n) is 8.13. The van der Waals surface area contributed by atoms with Gasteiger partial charge in [0.15, 0.2) is 4.75 Å². The Labute approximate surface area is 202 Å². The minimum Gasteiger partial charge on any atom is -0.468 e. The second kappa shape index (κ2) is 10.0. The van der Waals surface area contributed by atoms with Crippen LogP contribution < -0.4 is 0 Å². The molecule has 2 atom stereocenters. The van der Waals surface area contributed by atoms with E-state index in [1.54, 1.807) is 23.1 Å². The molecule has 1 fully saturated rings. The maximum absolute atomic E-state index is 13.5. The highest BCUT2D eigenvalue weighted by molar-refractivity contribution is 8.01. The van der Waals surface area contributed by atoms with Crippen molar-refractivity contribution in [3.05, 3.63) is 106 Å². The van der Waals surface area contributed by atoms with Crippen molar-refractivity contribution in [2.45, 2.75) is 35.6 Å². The van der Waals surface area contributed by atoms with E-state index in [9.17, 15) is 9.59 Å². The number of rotatable bonds is 7. The molecule has 8 heteroatoms. The molecule has 0 bridgehead atoms. The van der Waals surface area contributed by atoms with Crippen LogP contribution in [0.4, 0.5) is 5.69 Å². The molecule has 0 saturated carbocycles. The highest BCUT2D eigenvalue weighted by atomic mass is 32.2. The number of benzene rings is 3. The summed E-state index contributed by atoms with van der Waals surface area (Å²) in [6.45, 7) is 2.30. The fourth-order valence-electron chi connectivity index (χ4n) is 4.36. The number of aryl methyl sites for hydroxylation is 1. The van der Waals surface area contributed by atoms with E-state index < -0.39 is 16.8 Å². The minimum atomic E-state index is -1.27. The molecule has 1 aliphatic heterocycles. The highest BCUT2D eigenvalue weighted by Gasteiger charge is 2.59. The molecule has 1 amide bonds. The quantitative estimate of drug-likeness (QED) is 0.179. The fourth-order valence-corrected chi connectivity index (χ4v) is 5.78. The van der Waals surface area contributed by atoms with Crippen LogP contribution in [0.1, 0.15) is 29.2 Å². The number of carbonyl (C=O) groups excluding carboxylic acids is 2. The van der Waals surface area contributed by atoms with Gasteiger partial charge in [0, 0.05) is 22.0 Å². The predicted molar refractivity (Wildman–Crippen MR) is 131 cm³/mol. The highest BCUT2D eigenvalue weighted by Crippen LogP contribution is 2.55. The van der Waals surface area contributed by atoms with Crippen molar-refractivity contribution >= 4 is 29.3 Å². The van der Waals surface area contributed by atoms with E-state index in [1.165, 1.54) is 18.9 Å². The topological polar surface area (TPSA) is 95.4 Å². The molecule has 0 aromatic heterocycles. The first-order valence-electron chi connectivity index (χ1n) is 10.8. The molecule has 1 saturated heterocycles. The van der Waals surface area contributed by atoms with Gasteiger partial charge in [-0.25, -0.2) is 0 Å². The van der Waals surface area contributed by atoms with Gasteiger partial charge in [0.1, 0.15) is 0 Å². The Morgan fingerprint density at radius 2 is 1.79 bits per heavy atom. The molecule has 0 unspecified atom stereocenters. The molecule has 7 nitrogen and oxygen atoms in total. The van der Waals surface area contributed by atoms with Crippen LogP contribution in [0.15, 0.2) is 88.9 Å². The van der Waals surface area contributed by atoms with Crippen molar-refractivity contribution in [2.24, 2.45) is 5.11 Å². The average Bonchev–Trinajstić information content (AvgIpc) is 3.12. The van der Waals surface area contributed by atoms with Crippen molar-refractivity contribution in [2.75, 3.05) is 7.11 Å². The lowest BCUT2D eigenvalue weighted by atomic mass is 9.91. The predicted octanol–water partition coefficient (Wildman–Crippen LogP) is 6.11. The van der Waals surface area contributed by atoms with Crippen molar-refractivity contribution in [3.63, 3.8) is 0 Å². The first kappa shape index (κ1) is 23.4. The lowest BCUT2D eigenvalue weighted by molar-refractivity contribution is -0.144.